The lowest BCUT2D eigenvalue weighted by Gasteiger charge is -2.15. The van der Waals surface area contributed by atoms with Crippen molar-refractivity contribution in [1.29, 1.82) is 0 Å². The van der Waals surface area contributed by atoms with Crippen molar-refractivity contribution >= 4 is 45.1 Å². The molecule has 0 fully saturated rings. The Kier molecular flexibility index (Phi) is 8.41. The number of halogens is 1. The lowest BCUT2D eigenvalue weighted by atomic mass is 10.2. The van der Waals surface area contributed by atoms with Crippen LogP contribution in [0.5, 0.6) is 11.5 Å². The van der Waals surface area contributed by atoms with Crippen LogP contribution in [0.2, 0.25) is 0 Å². The van der Waals surface area contributed by atoms with Crippen molar-refractivity contribution in [3.05, 3.63) is 58.1 Å². The van der Waals surface area contributed by atoms with E-state index in [4.69, 9.17) is 21.7 Å². The first kappa shape index (κ1) is 22.6. The highest BCUT2D eigenvalue weighted by Gasteiger charge is 2.16. The van der Waals surface area contributed by atoms with E-state index in [0.717, 1.165) is 10.0 Å². The van der Waals surface area contributed by atoms with Crippen LogP contribution in [-0.4, -0.2) is 29.6 Å². The molecule has 3 N–H and O–H groups in total. The summed E-state index contributed by atoms with van der Waals surface area (Å²) >= 11 is 8.39. The third-order valence-electron chi connectivity index (χ3n) is 3.45. The van der Waals surface area contributed by atoms with Crippen LogP contribution in [0.4, 0.5) is 0 Å². The molecule has 2 aromatic rings. The maximum atomic E-state index is 12.5. The number of nitrogens with one attached hydrogen (secondary N) is 3. The number of thiocarbonyl (C=S) groups is 1. The van der Waals surface area contributed by atoms with Crippen molar-refractivity contribution < 1.29 is 19.1 Å². The standard InChI is InChI=1S/C20H22BrN3O4S/c1-12(2)28-17-8-7-14(21)10-16(17)19(26)22-20(29)24-23-18(25)11-27-15-6-4-5-13(3)9-15/h4-10,12H,11H2,1-3H3,(H,23,25)(H2,22,24,26,29). The quantitative estimate of drug-likeness (QED) is 0.435. The van der Waals surface area contributed by atoms with Gasteiger partial charge in [0.05, 0.1) is 11.7 Å². The van der Waals surface area contributed by atoms with Crippen LogP contribution in [-0.2, 0) is 4.79 Å². The first-order valence-corrected chi connectivity index (χ1v) is 10.0. The Morgan fingerprint density at radius 2 is 1.90 bits per heavy atom. The van der Waals surface area contributed by atoms with Crippen molar-refractivity contribution in [3.8, 4) is 11.5 Å². The summed E-state index contributed by atoms with van der Waals surface area (Å²) in [6, 6.07) is 12.4. The summed E-state index contributed by atoms with van der Waals surface area (Å²) < 4.78 is 11.8. The summed E-state index contributed by atoms with van der Waals surface area (Å²) in [5.74, 6) is 0.0987. The number of ether oxygens (including phenoxy) is 2. The van der Waals surface area contributed by atoms with Crippen LogP contribution in [0.3, 0.4) is 0 Å². The average molecular weight is 480 g/mol. The van der Waals surface area contributed by atoms with E-state index in [0.29, 0.717) is 17.1 Å². The van der Waals surface area contributed by atoms with E-state index in [1.165, 1.54) is 0 Å². The van der Waals surface area contributed by atoms with Gasteiger partial charge >= 0.3 is 0 Å². The predicted octanol–water partition coefficient (Wildman–Crippen LogP) is 3.26. The molecule has 0 radical (unpaired) electrons. The van der Waals surface area contributed by atoms with Gasteiger partial charge in [0, 0.05) is 4.47 Å². The number of carbonyl (C=O) groups is 2. The number of hydrogen-bond acceptors (Lipinski definition) is 5. The van der Waals surface area contributed by atoms with Crippen LogP contribution >= 0.6 is 28.1 Å². The summed E-state index contributed by atoms with van der Waals surface area (Å²) in [5.41, 5.74) is 6.18. The summed E-state index contributed by atoms with van der Waals surface area (Å²) in [6.45, 7) is 5.46. The highest BCUT2D eigenvalue weighted by atomic mass is 79.9. The molecule has 29 heavy (non-hydrogen) atoms. The number of carbonyl (C=O) groups excluding carboxylic acids is 2. The van der Waals surface area contributed by atoms with Gasteiger partial charge < -0.3 is 9.47 Å². The third-order valence-corrected chi connectivity index (χ3v) is 4.15. The van der Waals surface area contributed by atoms with Gasteiger partial charge in [-0.3, -0.25) is 25.8 Å². The minimum atomic E-state index is -0.468. The third kappa shape index (κ3) is 7.71. The molecule has 0 spiro atoms. The number of hydrazine groups is 1. The first-order chi connectivity index (χ1) is 13.7. The second-order valence-electron chi connectivity index (χ2n) is 6.37. The lowest BCUT2D eigenvalue weighted by Crippen LogP contribution is -2.49. The second-order valence-corrected chi connectivity index (χ2v) is 7.69. The van der Waals surface area contributed by atoms with Crippen molar-refractivity contribution in [2.24, 2.45) is 0 Å². The Bertz CT molecular complexity index is 905. The molecule has 7 nitrogen and oxygen atoms in total. The largest absolute Gasteiger partial charge is 0.490 e. The first-order valence-electron chi connectivity index (χ1n) is 8.80. The summed E-state index contributed by atoms with van der Waals surface area (Å²) in [7, 11) is 0. The summed E-state index contributed by atoms with van der Waals surface area (Å²) in [6.07, 6.45) is -0.0968. The molecule has 0 aliphatic heterocycles. The summed E-state index contributed by atoms with van der Waals surface area (Å²) in [4.78, 5) is 24.4. The van der Waals surface area contributed by atoms with Gasteiger partial charge in [0.15, 0.2) is 11.7 Å². The zero-order valence-corrected chi connectivity index (χ0v) is 18.6. The fourth-order valence-corrected chi connectivity index (χ4v) is 2.76. The minimum absolute atomic E-state index is 0.0608. The number of rotatable bonds is 6. The van der Waals surface area contributed by atoms with Gasteiger partial charge in [0.2, 0.25) is 0 Å². The molecule has 154 valence electrons. The van der Waals surface area contributed by atoms with Gasteiger partial charge in [-0.2, -0.15) is 0 Å². The van der Waals surface area contributed by atoms with Gasteiger partial charge in [-0.05, 0) is 68.9 Å². The molecule has 0 bridgehead atoms. The molecule has 2 aromatic carbocycles. The van der Waals surface area contributed by atoms with Crippen molar-refractivity contribution in [3.63, 3.8) is 0 Å². The molecule has 0 saturated heterocycles. The zero-order valence-electron chi connectivity index (χ0n) is 16.2. The van der Waals surface area contributed by atoms with Crippen LogP contribution in [0.1, 0.15) is 29.8 Å². The van der Waals surface area contributed by atoms with Crippen LogP contribution < -0.4 is 25.6 Å². The highest BCUT2D eigenvalue weighted by Crippen LogP contribution is 2.24. The SMILES string of the molecule is Cc1cccc(OCC(=O)NNC(=S)NC(=O)c2cc(Br)ccc2OC(C)C)c1. The van der Waals surface area contributed by atoms with Crippen molar-refractivity contribution in [1.82, 2.24) is 16.2 Å². The maximum absolute atomic E-state index is 12.5. The second kappa shape index (κ2) is 10.8. The number of benzene rings is 2. The molecular formula is C20H22BrN3O4S. The fraction of sp³-hybridized carbons (Fsp3) is 0.250. The monoisotopic (exact) mass is 479 g/mol. The Morgan fingerprint density at radius 3 is 2.59 bits per heavy atom. The molecule has 0 heterocycles. The molecule has 9 heteroatoms. The van der Waals surface area contributed by atoms with E-state index in [1.54, 1.807) is 24.3 Å². The fourth-order valence-electron chi connectivity index (χ4n) is 2.25. The minimum Gasteiger partial charge on any atom is -0.490 e. The summed E-state index contributed by atoms with van der Waals surface area (Å²) in [5, 5.41) is 2.44. The molecule has 2 rings (SSSR count). The Labute approximate surface area is 183 Å². The van der Waals surface area contributed by atoms with E-state index in [2.05, 4.69) is 32.1 Å². The van der Waals surface area contributed by atoms with Crippen LogP contribution in [0.15, 0.2) is 46.9 Å². The number of aryl methyl sites for hydroxylation is 1. The van der Waals surface area contributed by atoms with E-state index < -0.39 is 11.8 Å². The van der Waals surface area contributed by atoms with Crippen molar-refractivity contribution in [2.45, 2.75) is 26.9 Å². The molecule has 0 aromatic heterocycles. The zero-order chi connectivity index (χ0) is 21.4. The molecular weight excluding hydrogens is 458 g/mol. The normalized spacial score (nSPS) is 10.2. The number of hydrogen-bond donors (Lipinski definition) is 3. The number of amides is 2. The van der Waals surface area contributed by atoms with Crippen LogP contribution in [0, 0.1) is 6.92 Å². The van der Waals surface area contributed by atoms with Gasteiger partial charge in [0.25, 0.3) is 11.8 Å². The Balaban J connectivity index is 1.85. The van der Waals surface area contributed by atoms with Gasteiger partial charge in [-0.1, -0.05) is 28.1 Å². The van der Waals surface area contributed by atoms with Gasteiger partial charge in [0.1, 0.15) is 11.5 Å². The Morgan fingerprint density at radius 1 is 1.14 bits per heavy atom. The van der Waals surface area contributed by atoms with Gasteiger partial charge in [-0.15, -0.1) is 0 Å². The molecule has 0 atom stereocenters. The average Bonchev–Trinajstić information content (AvgIpc) is 2.65. The topological polar surface area (TPSA) is 88.7 Å². The molecule has 2 amide bonds. The molecule has 0 aliphatic rings. The predicted molar refractivity (Wildman–Crippen MR) is 118 cm³/mol. The molecule has 0 unspecified atom stereocenters. The van der Waals surface area contributed by atoms with Crippen molar-refractivity contribution in [2.75, 3.05) is 6.61 Å². The smallest absolute Gasteiger partial charge is 0.276 e. The van der Waals surface area contributed by atoms with E-state index >= 15 is 0 Å². The lowest BCUT2D eigenvalue weighted by molar-refractivity contribution is -0.123. The van der Waals surface area contributed by atoms with E-state index in [1.807, 2.05) is 39.0 Å². The highest BCUT2D eigenvalue weighted by molar-refractivity contribution is 9.10. The maximum Gasteiger partial charge on any atom is 0.276 e. The van der Waals surface area contributed by atoms with E-state index in [-0.39, 0.29) is 17.8 Å². The van der Waals surface area contributed by atoms with Gasteiger partial charge in [-0.25, -0.2) is 0 Å². The van der Waals surface area contributed by atoms with E-state index in [9.17, 15) is 9.59 Å². The Hall–Kier alpha value is -2.65. The van der Waals surface area contributed by atoms with Crippen LogP contribution in [0.25, 0.3) is 0 Å². The molecule has 0 saturated carbocycles. The molecule has 0 aliphatic carbocycles.